The van der Waals surface area contributed by atoms with Crippen LogP contribution in [0.3, 0.4) is 0 Å². The molecular weight excluding hydrogens is 320 g/mol. The van der Waals surface area contributed by atoms with Gasteiger partial charge in [0.15, 0.2) is 0 Å². The van der Waals surface area contributed by atoms with Crippen LogP contribution in [-0.4, -0.2) is 44.1 Å². The van der Waals surface area contributed by atoms with Crippen LogP contribution in [-0.2, 0) is 0 Å². The fourth-order valence-corrected chi connectivity index (χ4v) is 3.57. The molecule has 0 saturated carbocycles. The quantitative estimate of drug-likeness (QED) is 0.861. The Morgan fingerprint density at radius 1 is 1.18 bits per heavy atom. The number of hydrogen-bond acceptors (Lipinski definition) is 4. The minimum Gasteiger partial charge on any atom is -0.497 e. The number of carbonyl (C=O) groups excluding carboxylic acids is 1. The topological polar surface area (TPSA) is 32.8 Å². The zero-order valence-electron chi connectivity index (χ0n) is 12.3. The van der Waals surface area contributed by atoms with Crippen LogP contribution in [0.4, 0.5) is 5.69 Å². The van der Waals surface area contributed by atoms with Crippen molar-refractivity contribution >= 4 is 34.5 Å². The maximum absolute atomic E-state index is 12.4. The number of nitrogens with zero attached hydrogens (tertiary/aromatic N) is 2. The number of rotatable bonds is 3. The van der Waals surface area contributed by atoms with Gasteiger partial charge in [-0.05, 0) is 24.3 Å². The molecule has 1 saturated heterocycles. The number of anilines is 1. The molecule has 4 nitrogen and oxygen atoms in total. The molecule has 0 aliphatic carbocycles. The Morgan fingerprint density at radius 2 is 1.95 bits per heavy atom. The van der Waals surface area contributed by atoms with Gasteiger partial charge in [-0.25, -0.2) is 0 Å². The standard InChI is InChI=1S/C16H17ClN2O2S/c1-21-13-4-2-3-12(11-13)18-7-9-19(10-8-18)16(20)14-5-6-15(17)22-14/h2-6,11H,7-10H2,1H3. The minimum atomic E-state index is 0.0715. The van der Waals surface area contributed by atoms with Crippen molar-refractivity contribution in [3.63, 3.8) is 0 Å². The van der Waals surface area contributed by atoms with Crippen molar-refractivity contribution in [1.82, 2.24) is 4.90 Å². The van der Waals surface area contributed by atoms with Crippen LogP contribution in [0.25, 0.3) is 0 Å². The average Bonchev–Trinajstić information content (AvgIpc) is 3.01. The predicted molar refractivity (Wildman–Crippen MR) is 90.4 cm³/mol. The second-order valence-corrected chi connectivity index (χ2v) is 6.80. The van der Waals surface area contributed by atoms with E-state index >= 15 is 0 Å². The smallest absolute Gasteiger partial charge is 0.264 e. The van der Waals surface area contributed by atoms with Gasteiger partial charge in [-0.2, -0.15) is 0 Å². The lowest BCUT2D eigenvalue weighted by molar-refractivity contribution is 0.0751. The Labute approximate surface area is 138 Å². The summed E-state index contributed by atoms with van der Waals surface area (Å²) < 4.78 is 5.91. The van der Waals surface area contributed by atoms with E-state index in [9.17, 15) is 4.79 Å². The third-order valence-corrected chi connectivity index (χ3v) is 4.99. The number of benzene rings is 1. The van der Waals surface area contributed by atoms with Crippen LogP contribution in [0.2, 0.25) is 4.34 Å². The summed E-state index contributed by atoms with van der Waals surface area (Å²) in [6.45, 7) is 3.06. The number of amides is 1. The van der Waals surface area contributed by atoms with Crippen molar-refractivity contribution in [2.75, 3.05) is 38.2 Å². The highest BCUT2D eigenvalue weighted by Crippen LogP contribution is 2.25. The Kier molecular flexibility index (Phi) is 4.55. The largest absolute Gasteiger partial charge is 0.497 e. The Hall–Kier alpha value is -1.72. The van der Waals surface area contributed by atoms with Gasteiger partial charge >= 0.3 is 0 Å². The highest BCUT2D eigenvalue weighted by atomic mass is 35.5. The van der Waals surface area contributed by atoms with Crippen LogP contribution in [0.5, 0.6) is 5.75 Å². The maximum atomic E-state index is 12.4. The van der Waals surface area contributed by atoms with Crippen LogP contribution >= 0.6 is 22.9 Å². The third kappa shape index (κ3) is 3.20. The summed E-state index contributed by atoms with van der Waals surface area (Å²) in [5.74, 6) is 0.923. The van der Waals surface area contributed by atoms with E-state index < -0.39 is 0 Å². The normalized spacial score (nSPS) is 15.0. The van der Waals surface area contributed by atoms with E-state index in [0.717, 1.165) is 24.5 Å². The minimum absolute atomic E-state index is 0.0715. The monoisotopic (exact) mass is 336 g/mol. The molecule has 1 aromatic carbocycles. The van der Waals surface area contributed by atoms with E-state index in [-0.39, 0.29) is 5.91 Å². The van der Waals surface area contributed by atoms with E-state index in [1.54, 1.807) is 19.2 Å². The molecule has 0 N–H and O–H groups in total. The number of thiophene rings is 1. The first kappa shape index (κ1) is 15.2. The summed E-state index contributed by atoms with van der Waals surface area (Å²) in [4.78, 5) is 17.3. The molecule has 1 fully saturated rings. The van der Waals surface area contributed by atoms with E-state index in [1.165, 1.54) is 11.3 Å². The summed E-state index contributed by atoms with van der Waals surface area (Å²) >= 11 is 7.24. The second-order valence-electron chi connectivity index (χ2n) is 5.08. The fourth-order valence-electron chi connectivity index (χ4n) is 2.56. The van der Waals surface area contributed by atoms with Crippen molar-refractivity contribution in [2.45, 2.75) is 0 Å². The highest BCUT2D eigenvalue weighted by molar-refractivity contribution is 7.17. The summed E-state index contributed by atoms with van der Waals surface area (Å²) in [5, 5.41) is 0. The average molecular weight is 337 g/mol. The van der Waals surface area contributed by atoms with Crippen molar-refractivity contribution < 1.29 is 9.53 Å². The molecule has 1 aliphatic rings. The summed E-state index contributed by atoms with van der Waals surface area (Å²) in [6, 6.07) is 11.6. The van der Waals surface area contributed by atoms with Gasteiger partial charge in [0, 0.05) is 37.9 Å². The van der Waals surface area contributed by atoms with Gasteiger partial charge in [0.1, 0.15) is 5.75 Å². The van der Waals surface area contributed by atoms with E-state index in [0.29, 0.717) is 22.3 Å². The number of carbonyl (C=O) groups is 1. The molecule has 2 aromatic rings. The van der Waals surface area contributed by atoms with Crippen LogP contribution in [0.15, 0.2) is 36.4 Å². The zero-order chi connectivity index (χ0) is 15.5. The second kappa shape index (κ2) is 6.58. The molecule has 0 spiro atoms. The van der Waals surface area contributed by atoms with E-state index in [4.69, 9.17) is 16.3 Å². The van der Waals surface area contributed by atoms with Gasteiger partial charge < -0.3 is 14.5 Å². The number of ether oxygens (including phenoxy) is 1. The van der Waals surface area contributed by atoms with Crippen molar-refractivity contribution in [3.05, 3.63) is 45.6 Å². The maximum Gasteiger partial charge on any atom is 0.264 e. The number of piperazine rings is 1. The van der Waals surface area contributed by atoms with Gasteiger partial charge in [-0.3, -0.25) is 4.79 Å². The molecular formula is C16H17ClN2O2S. The molecule has 1 amide bonds. The first-order valence-corrected chi connectivity index (χ1v) is 8.30. The lowest BCUT2D eigenvalue weighted by atomic mass is 10.2. The molecule has 3 rings (SSSR count). The fraction of sp³-hybridized carbons (Fsp3) is 0.312. The first-order valence-electron chi connectivity index (χ1n) is 7.11. The van der Waals surface area contributed by atoms with E-state index in [2.05, 4.69) is 11.0 Å². The summed E-state index contributed by atoms with van der Waals surface area (Å²) in [5.41, 5.74) is 1.13. The third-order valence-electron chi connectivity index (χ3n) is 3.77. The summed E-state index contributed by atoms with van der Waals surface area (Å²) in [7, 11) is 1.67. The molecule has 0 unspecified atom stereocenters. The molecule has 0 atom stereocenters. The van der Waals surface area contributed by atoms with Gasteiger partial charge in [0.25, 0.3) is 5.91 Å². The van der Waals surface area contributed by atoms with Crippen molar-refractivity contribution in [3.8, 4) is 5.75 Å². The van der Waals surface area contributed by atoms with E-state index in [1.807, 2.05) is 23.1 Å². The summed E-state index contributed by atoms with van der Waals surface area (Å²) in [6.07, 6.45) is 0. The van der Waals surface area contributed by atoms with Crippen molar-refractivity contribution in [1.29, 1.82) is 0 Å². The lowest BCUT2D eigenvalue weighted by Gasteiger charge is -2.36. The van der Waals surface area contributed by atoms with Gasteiger partial charge in [0.2, 0.25) is 0 Å². The first-order chi connectivity index (χ1) is 10.7. The Morgan fingerprint density at radius 3 is 2.59 bits per heavy atom. The SMILES string of the molecule is COc1cccc(N2CCN(C(=O)c3ccc(Cl)s3)CC2)c1. The van der Waals surface area contributed by atoms with Crippen molar-refractivity contribution in [2.24, 2.45) is 0 Å². The lowest BCUT2D eigenvalue weighted by Crippen LogP contribution is -2.48. The van der Waals surface area contributed by atoms with Crippen LogP contribution in [0.1, 0.15) is 9.67 Å². The molecule has 0 radical (unpaired) electrons. The van der Waals surface area contributed by atoms with Gasteiger partial charge in [0.05, 0.1) is 16.3 Å². The van der Waals surface area contributed by atoms with Crippen LogP contribution in [0, 0.1) is 0 Å². The van der Waals surface area contributed by atoms with Crippen LogP contribution < -0.4 is 9.64 Å². The Bertz CT molecular complexity index is 666. The van der Waals surface area contributed by atoms with Gasteiger partial charge in [-0.1, -0.05) is 17.7 Å². The molecule has 6 heteroatoms. The number of halogens is 1. The number of hydrogen-bond donors (Lipinski definition) is 0. The molecule has 1 aromatic heterocycles. The Balaban J connectivity index is 1.63. The zero-order valence-corrected chi connectivity index (χ0v) is 13.9. The number of methoxy groups -OCH3 is 1. The molecule has 116 valence electrons. The molecule has 22 heavy (non-hydrogen) atoms. The molecule has 1 aliphatic heterocycles. The predicted octanol–water partition coefficient (Wildman–Crippen LogP) is 3.37. The van der Waals surface area contributed by atoms with Gasteiger partial charge in [-0.15, -0.1) is 11.3 Å². The highest BCUT2D eigenvalue weighted by Gasteiger charge is 2.23. The molecule has 2 heterocycles. The molecule has 0 bridgehead atoms.